The van der Waals surface area contributed by atoms with Crippen molar-refractivity contribution in [2.45, 2.75) is 59.7 Å². The van der Waals surface area contributed by atoms with Crippen molar-refractivity contribution in [3.8, 4) is 5.75 Å². The molecule has 4 heteroatoms. The van der Waals surface area contributed by atoms with Crippen LogP contribution in [0.1, 0.15) is 51.8 Å². The van der Waals surface area contributed by atoms with Crippen LogP contribution >= 0.6 is 0 Å². The molecule has 1 atom stereocenters. The third-order valence-electron chi connectivity index (χ3n) is 3.43. The number of hydrogen-bond donors (Lipinski definition) is 0. The van der Waals surface area contributed by atoms with Crippen LogP contribution in [0.3, 0.4) is 0 Å². The van der Waals surface area contributed by atoms with Crippen LogP contribution < -0.4 is 4.74 Å². The summed E-state index contributed by atoms with van der Waals surface area (Å²) in [7, 11) is 1.63. The topological polar surface area (TPSA) is 38.8 Å². The van der Waals surface area contributed by atoms with Gasteiger partial charge in [-0.2, -0.15) is 0 Å². The number of aryl methyl sites for hydroxylation is 1. The van der Waals surface area contributed by atoms with Crippen molar-refractivity contribution in [2.75, 3.05) is 7.11 Å². The van der Waals surface area contributed by atoms with Crippen LogP contribution in [-0.4, -0.2) is 30.2 Å². The van der Waals surface area contributed by atoms with Crippen molar-refractivity contribution in [3.05, 3.63) is 29.3 Å². The zero-order valence-corrected chi connectivity index (χ0v) is 14.1. The fraction of sp³-hybridized carbons (Fsp3) is 0.588. The number of rotatable bonds is 5. The Balaban J connectivity index is 2.90. The summed E-state index contributed by atoms with van der Waals surface area (Å²) in [6, 6.07) is 6.09. The third kappa shape index (κ3) is 4.38. The van der Waals surface area contributed by atoms with Crippen molar-refractivity contribution in [1.82, 2.24) is 4.90 Å². The molecule has 0 aromatic heterocycles. The first-order valence-electron chi connectivity index (χ1n) is 7.41. The number of methoxy groups -OCH3 is 1. The van der Waals surface area contributed by atoms with E-state index in [1.807, 2.05) is 59.7 Å². The number of ether oxygens (including phenoxy) is 2. The highest BCUT2D eigenvalue weighted by Crippen LogP contribution is 2.29. The molecular formula is C17H27NO3. The predicted molar refractivity (Wildman–Crippen MR) is 84.7 cm³/mol. The van der Waals surface area contributed by atoms with Crippen molar-refractivity contribution in [2.24, 2.45) is 0 Å². The maximum Gasteiger partial charge on any atom is 0.410 e. The molecule has 0 bridgehead atoms. The van der Waals surface area contributed by atoms with Gasteiger partial charge in [0.2, 0.25) is 0 Å². The van der Waals surface area contributed by atoms with E-state index in [1.54, 1.807) is 12.0 Å². The SMILES string of the molecule is COc1cc(C)ccc1[C@@H](C)OC(=O)N(C(C)C)C(C)C. The molecule has 0 saturated carbocycles. The molecule has 1 amide bonds. The molecule has 118 valence electrons. The molecule has 0 unspecified atom stereocenters. The Morgan fingerprint density at radius 2 is 1.67 bits per heavy atom. The summed E-state index contributed by atoms with van der Waals surface area (Å²) in [5, 5.41) is 0. The van der Waals surface area contributed by atoms with Crippen LogP contribution in [0.15, 0.2) is 18.2 Å². The maximum absolute atomic E-state index is 12.3. The zero-order valence-electron chi connectivity index (χ0n) is 14.1. The fourth-order valence-electron chi connectivity index (χ4n) is 2.45. The Labute approximate surface area is 128 Å². The molecule has 0 saturated heterocycles. The van der Waals surface area contributed by atoms with Gasteiger partial charge in [-0.3, -0.25) is 0 Å². The van der Waals surface area contributed by atoms with Crippen molar-refractivity contribution in [1.29, 1.82) is 0 Å². The Kier molecular flexibility index (Phi) is 6.06. The van der Waals surface area contributed by atoms with Crippen LogP contribution in [0.5, 0.6) is 5.75 Å². The normalized spacial score (nSPS) is 12.4. The van der Waals surface area contributed by atoms with Gasteiger partial charge in [0.25, 0.3) is 0 Å². The molecule has 0 spiro atoms. The summed E-state index contributed by atoms with van der Waals surface area (Å²) in [5.41, 5.74) is 1.99. The highest BCUT2D eigenvalue weighted by atomic mass is 16.6. The molecule has 1 aromatic rings. The first-order chi connectivity index (χ1) is 9.77. The van der Waals surface area contributed by atoms with Gasteiger partial charge in [0.05, 0.1) is 7.11 Å². The van der Waals surface area contributed by atoms with Gasteiger partial charge in [0.15, 0.2) is 0 Å². The molecular weight excluding hydrogens is 266 g/mol. The Hall–Kier alpha value is -1.71. The van der Waals surface area contributed by atoms with Crippen molar-refractivity contribution < 1.29 is 14.3 Å². The van der Waals surface area contributed by atoms with Crippen molar-refractivity contribution in [3.63, 3.8) is 0 Å². The molecule has 4 nitrogen and oxygen atoms in total. The second kappa shape index (κ2) is 7.34. The van der Waals surface area contributed by atoms with Gasteiger partial charge < -0.3 is 14.4 Å². The highest BCUT2D eigenvalue weighted by Gasteiger charge is 2.24. The van der Waals surface area contributed by atoms with E-state index in [1.165, 1.54) is 0 Å². The van der Waals surface area contributed by atoms with Crippen LogP contribution in [0.4, 0.5) is 4.79 Å². The third-order valence-corrected chi connectivity index (χ3v) is 3.43. The standard InChI is InChI=1S/C17H27NO3/c1-11(2)18(12(3)4)17(19)21-14(6)15-9-8-13(5)10-16(15)20-7/h8-12,14H,1-7H3/t14-/m1/s1. The Bertz CT molecular complexity index is 475. The minimum Gasteiger partial charge on any atom is -0.496 e. The Morgan fingerprint density at radius 1 is 1.10 bits per heavy atom. The Morgan fingerprint density at radius 3 is 2.14 bits per heavy atom. The van der Waals surface area contributed by atoms with E-state index < -0.39 is 0 Å². The summed E-state index contributed by atoms with van der Waals surface area (Å²) in [4.78, 5) is 14.1. The fourth-order valence-corrected chi connectivity index (χ4v) is 2.45. The lowest BCUT2D eigenvalue weighted by atomic mass is 10.1. The van der Waals surface area contributed by atoms with Crippen molar-refractivity contribution >= 4 is 6.09 Å². The van der Waals surface area contributed by atoms with E-state index in [2.05, 4.69) is 0 Å². The molecule has 0 aliphatic carbocycles. The van der Waals surface area contributed by atoms with E-state index >= 15 is 0 Å². The van der Waals surface area contributed by atoms with Gasteiger partial charge in [0, 0.05) is 17.6 Å². The molecule has 0 aliphatic heterocycles. The van der Waals surface area contributed by atoms with Crippen LogP contribution in [0.2, 0.25) is 0 Å². The van der Waals surface area contributed by atoms with Gasteiger partial charge >= 0.3 is 6.09 Å². The monoisotopic (exact) mass is 293 g/mol. The lowest BCUT2D eigenvalue weighted by Crippen LogP contribution is -2.42. The average molecular weight is 293 g/mol. The highest BCUT2D eigenvalue weighted by molar-refractivity contribution is 5.68. The number of carbonyl (C=O) groups excluding carboxylic acids is 1. The summed E-state index contributed by atoms with van der Waals surface area (Å²) < 4.78 is 11.0. The summed E-state index contributed by atoms with van der Waals surface area (Å²) in [6.45, 7) is 11.8. The minimum absolute atomic E-state index is 0.101. The maximum atomic E-state index is 12.3. The van der Waals surface area contributed by atoms with Crippen LogP contribution in [0.25, 0.3) is 0 Å². The second-order valence-electron chi connectivity index (χ2n) is 5.87. The molecule has 0 N–H and O–H groups in total. The molecule has 1 rings (SSSR count). The largest absolute Gasteiger partial charge is 0.496 e. The lowest BCUT2D eigenvalue weighted by Gasteiger charge is -2.31. The zero-order chi connectivity index (χ0) is 16.2. The number of nitrogens with zero attached hydrogens (tertiary/aromatic N) is 1. The van der Waals surface area contributed by atoms with Crippen LogP contribution in [0, 0.1) is 6.92 Å². The summed E-state index contributed by atoms with van der Waals surface area (Å²) in [6.07, 6.45) is -0.650. The lowest BCUT2D eigenvalue weighted by molar-refractivity contribution is 0.0504. The smallest absolute Gasteiger partial charge is 0.410 e. The number of hydrogen-bond acceptors (Lipinski definition) is 3. The van der Waals surface area contributed by atoms with E-state index in [0.29, 0.717) is 0 Å². The first kappa shape index (κ1) is 17.3. The summed E-state index contributed by atoms with van der Waals surface area (Å²) >= 11 is 0. The van der Waals surface area contributed by atoms with Crippen LogP contribution in [-0.2, 0) is 4.74 Å². The first-order valence-corrected chi connectivity index (χ1v) is 7.41. The number of benzene rings is 1. The van der Waals surface area contributed by atoms with Gasteiger partial charge in [-0.15, -0.1) is 0 Å². The molecule has 1 aromatic carbocycles. The van der Waals surface area contributed by atoms with Gasteiger partial charge in [-0.1, -0.05) is 12.1 Å². The molecule has 0 radical (unpaired) electrons. The van der Waals surface area contributed by atoms with E-state index in [4.69, 9.17) is 9.47 Å². The quantitative estimate of drug-likeness (QED) is 0.811. The van der Waals surface area contributed by atoms with Gasteiger partial charge in [0.1, 0.15) is 11.9 Å². The summed E-state index contributed by atoms with van der Waals surface area (Å²) in [5.74, 6) is 0.746. The average Bonchev–Trinajstić information content (AvgIpc) is 2.37. The van der Waals surface area contributed by atoms with Gasteiger partial charge in [-0.25, -0.2) is 4.79 Å². The molecule has 21 heavy (non-hydrogen) atoms. The molecule has 0 fully saturated rings. The predicted octanol–water partition coefficient (Wildman–Crippen LogP) is 4.32. The van der Waals surface area contributed by atoms with E-state index in [0.717, 1.165) is 16.9 Å². The molecule has 0 aliphatic rings. The molecule has 0 heterocycles. The number of amides is 1. The number of carbonyl (C=O) groups is 1. The van der Waals surface area contributed by atoms with E-state index in [-0.39, 0.29) is 24.3 Å². The minimum atomic E-state index is -0.354. The van der Waals surface area contributed by atoms with Gasteiger partial charge in [-0.05, 0) is 53.2 Å². The second-order valence-corrected chi connectivity index (χ2v) is 5.87. The van der Waals surface area contributed by atoms with E-state index in [9.17, 15) is 4.79 Å².